The van der Waals surface area contributed by atoms with E-state index in [4.69, 9.17) is 21.7 Å². The SMILES string of the molecule is CCCOc1ccc(C(=O)NC(=S)Nc2sc3c(c2C(=O)OC)CCC(C(C)(C)C)C3)cc1. The lowest BCUT2D eigenvalue weighted by atomic mass is 9.72. The quantitative estimate of drug-likeness (QED) is 0.407. The van der Waals surface area contributed by atoms with Gasteiger partial charge < -0.3 is 14.8 Å². The van der Waals surface area contributed by atoms with E-state index in [-0.39, 0.29) is 22.4 Å². The molecule has 1 heterocycles. The van der Waals surface area contributed by atoms with Crippen molar-refractivity contribution in [2.75, 3.05) is 19.0 Å². The molecule has 0 bridgehead atoms. The Hall–Kier alpha value is -2.45. The van der Waals surface area contributed by atoms with E-state index in [1.807, 2.05) is 6.92 Å². The maximum atomic E-state index is 12.6. The largest absolute Gasteiger partial charge is 0.494 e. The molecule has 2 aromatic rings. The summed E-state index contributed by atoms with van der Waals surface area (Å²) >= 11 is 6.91. The third-order valence-corrected chi connectivity index (χ3v) is 7.30. The van der Waals surface area contributed by atoms with Gasteiger partial charge in [-0.05, 0) is 79.1 Å². The van der Waals surface area contributed by atoms with Gasteiger partial charge in [-0.25, -0.2) is 4.79 Å². The summed E-state index contributed by atoms with van der Waals surface area (Å²) in [5.74, 6) is 0.539. The van der Waals surface area contributed by atoms with Gasteiger partial charge in [0.1, 0.15) is 10.8 Å². The number of esters is 1. The fourth-order valence-corrected chi connectivity index (χ4v) is 5.54. The first-order valence-electron chi connectivity index (χ1n) is 11.2. The normalized spacial score (nSPS) is 15.4. The highest BCUT2D eigenvalue weighted by molar-refractivity contribution is 7.80. The van der Waals surface area contributed by atoms with Crippen molar-refractivity contribution in [2.45, 2.75) is 53.4 Å². The number of hydrogen-bond acceptors (Lipinski definition) is 6. The van der Waals surface area contributed by atoms with Crippen LogP contribution in [0.3, 0.4) is 0 Å². The van der Waals surface area contributed by atoms with E-state index in [1.165, 1.54) is 23.3 Å². The third-order valence-electron chi connectivity index (χ3n) is 5.92. The molecule has 0 aliphatic heterocycles. The molecule has 1 unspecified atom stereocenters. The number of methoxy groups -OCH3 is 1. The van der Waals surface area contributed by atoms with Crippen LogP contribution in [0.5, 0.6) is 5.75 Å². The highest BCUT2D eigenvalue weighted by atomic mass is 32.1. The summed E-state index contributed by atoms with van der Waals surface area (Å²) in [5, 5.41) is 6.53. The fraction of sp³-hybridized carbons (Fsp3) is 0.480. The van der Waals surface area contributed by atoms with Gasteiger partial charge in [0, 0.05) is 10.4 Å². The zero-order valence-corrected chi connectivity index (χ0v) is 21.5. The molecule has 6 nitrogen and oxygen atoms in total. The molecule has 3 rings (SSSR count). The second-order valence-corrected chi connectivity index (χ2v) is 10.8. The average molecular weight is 489 g/mol. The van der Waals surface area contributed by atoms with E-state index in [9.17, 15) is 9.59 Å². The van der Waals surface area contributed by atoms with Crippen molar-refractivity contribution in [3.8, 4) is 5.75 Å². The van der Waals surface area contributed by atoms with Crippen LogP contribution in [0.1, 0.15) is 71.7 Å². The van der Waals surface area contributed by atoms with Crippen molar-refractivity contribution in [1.82, 2.24) is 5.32 Å². The van der Waals surface area contributed by atoms with Crippen molar-refractivity contribution in [1.29, 1.82) is 0 Å². The molecule has 1 atom stereocenters. The summed E-state index contributed by atoms with van der Waals surface area (Å²) in [5.41, 5.74) is 2.22. The summed E-state index contributed by atoms with van der Waals surface area (Å²) in [6.07, 6.45) is 3.68. The van der Waals surface area contributed by atoms with Gasteiger partial charge in [-0.2, -0.15) is 0 Å². The predicted octanol–water partition coefficient (Wildman–Crippen LogP) is 5.60. The number of carbonyl (C=O) groups is 2. The first-order valence-corrected chi connectivity index (χ1v) is 12.4. The van der Waals surface area contributed by atoms with Gasteiger partial charge in [0.25, 0.3) is 5.91 Å². The van der Waals surface area contributed by atoms with Crippen LogP contribution < -0.4 is 15.4 Å². The van der Waals surface area contributed by atoms with E-state index < -0.39 is 0 Å². The molecule has 8 heteroatoms. The summed E-state index contributed by atoms with van der Waals surface area (Å²) in [6, 6.07) is 6.91. The topological polar surface area (TPSA) is 76.7 Å². The van der Waals surface area contributed by atoms with Crippen LogP contribution in [0.25, 0.3) is 0 Å². The number of amides is 1. The molecular weight excluding hydrogens is 456 g/mol. The van der Waals surface area contributed by atoms with Crippen LogP contribution in [-0.4, -0.2) is 30.7 Å². The van der Waals surface area contributed by atoms with Crippen LogP contribution in [0.15, 0.2) is 24.3 Å². The molecule has 1 aliphatic rings. The van der Waals surface area contributed by atoms with E-state index in [1.54, 1.807) is 24.3 Å². The number of thiophene rings is 1. The van der Waals surface area contributed by atoms with Crippen LogP contribution in [0.4, 0.5) is 5.00 Å². The summed E-state index contributed by atoms with van der Waals surface area (Å²) in [4.78, 5) is 26.4. The van der Waals surface area contributed by atoms with Crippen molar-refractivity contribution in [3.63, 3.8) is 0 Å². The van der Waals surface area contributed by atoms with Gasteiger partial charge in [-0.1, -0.05) is 27.7 Å². The maximum absolute atomic E-state index is 12.6. The van der Waals surface area contributed by atoms with Gasteiger partial charge in [0.2, 0.25) is 0 Å². The predicted molar refractivity (Wildman–Crippen MR) is 137 cm³/mol. The molecule has 1 aliphatic carbocycles. The number of nitrogens with one attached hydrogen (secondary N) is 2. The summed E-state index contributed by atoms with van der Waals surface area (Å²) in [7, 11) is 1.38. The molecule has 1 amide bonds. The molecule has 0 spiro atoms. The number of anilines is 1. The lowest BCUT2D eigenvalue weighted by molar-refractivity contribution is 0.0600. The maximum Gasteiger partial charge on any atom is 0.341 e. The molecule has 33 heavy (non-hydrogen) atoms. The van der Waals surface area contributed by atoms with Crippen molar-refractivity contribution >= 4 is 45.5 Å². The minimum Gasteiger partial charge on any atom is -0.494 e. The third kappa shape index (κ3) is 6.12. The van der Waals surface area contributed by atoms with Crippen LogP contribution in [0.2, 0.25) is 0 Å². The highest BCUT2D eigenvalue weighted by Gasteiger charge is 2.34. The van der Waals surface area contributed by atoms with E-state index in [2.05, 4.69) is 31.4 Å². The fourth-order valence-electron chi connectivity index (χ4n) is 3.96. The van der Waals surface area contributed by atoms with Gasteiger partial charge in [-0.15, -0.1) is 11.3 Å². The molecule has 1 aromatic heterocycles. The number of ether oxygens (including phenoxy) is 2. The Labute approximate surface area is 205 Å². The number of thiocarbonyl (C=S) groups is 1. The summed E-state index contributed by atoms with van der Waals surface area (Å²) in [6.45, 7) is 9.43. The molecule has 0 saturated carbocycles. The first-order chi connectivity index (χ1) is 15.6. The molecular formula is C25H32N2O4S2. The van der Waals surface area contributed by atoms with E-state index in [0.29, 0.717) is 28.7 Å². The zero-order valence-electron chi connectivity index (χ0n) is 19.9. The Morgan fingerprint density at radius 1 is 1.21 bits per heavy atom. The number of rotatable bonds is 6. The number of fused-ring (bicyclic) bond motifs is 1. The van der Waals surface area contributed by atoms with Crippen LogP contribution >= 0.6 is 23.6 Å². The van der Waals surface area contributed by atoms with Crippen molar-refractivity contribution < 1.29 is 19.1 Å². The van der Waals surface area contributed by atoms with E-state index in [0.717, 1.165) is 37.0 Å². The minimum atomic E-state index is -0.388. The number of benzene rings is 1. The molecule has 0 radical (unpaired) electrons. The van der Waals surface area contributed by atoms with Gasteiger partial charge >= 0.3 is 5.97 Å². The molecule has 0 saturated heterocycles. The van der Waals surface area contributed by atoms with Crippen LogP contribution in [0, 0.1) is 11.3 Å². The Balaban J connectivity index is 1.73. The van der Waals surface area contributed by atoms with E-state index >= 15 is 0 Å². The van der Waals surface area contributed by atoms with Crippen LogP contribution in [-0.2, 0) is 17.6 Å². The second kappa shape index (κ2) is 10.7. The second-order valence-electron chi connectivity index (χ2n) is 9.29. The van der Waals surface area contributed by atoms with Gasteiger partial charge in [0.15, 0.2) is 5.11 Å². The lowest BCUT2D eigenvalue weighted by Crippen LogP contribution is -2.34. The number of hydrogen-bond donors (Lipinski definition) is 2. The highest BCUT2D eigenvalue weighted by Crippen LogP contribution is 2.44. The monoisotopic (exact) mass is 488 g/mol. The van der Waals surface area contributed by atoms with Crippen molar-refractivity contribution in [2.24, 2.45) is 11.3 Å². The van der Waals surface area contributed by atoms with Gasteiger partial charge in [-0.3, -0.25) is 10.1 Å². The Morgan fingerprint density at radius 2 is 1.91 bits per heavy atom. The van der Waals surface area contributed by atoms with Gasteiger partial charge in [0.05, 0.1) is 19.3 Å². The molecule has 178 valence electrons. The Morgan fingerprint density at radius 3 is 2.52 bits per heavy atom. The molecule has 2 N–H and O–H groups in total. The zero-order chi connectivity index (χ0) is 24.2. The average Bonchev–Trinajstić information content (AvgIpc) is 3.13. The minimum absolute atomic E-state index is 0.141. The smallest absolute Gasteiger partial charge is 0.341 e. The summed E-state index contributed by atoms with van der Waals surface area (Å²) < 4.78 is 10.6. The van der Waals surface area contributed by atoms with Crippen molar-refractivity contribution in [3.05, 3.63) is 45.8 Å². The Kier molecular flexibility index (Phi) is 8.13. The molecule has 1 aromatic carbocycles. The number of carbonyl (C=O) groups excluding carboxylic acids is 2. The first kappa shape index (κ1) is 25.2. The molecule has 0 fully saturated rings. The lowest BCUT2D eigenvalue weighted by Gasteiger charge is -2.33. The standard InChI is InChI=1S/C25H32N2O4S2/c1-6-13-31-17-10-7-15(8-11-17)21(28)26-24(32)27-22-20(23(29)30-5)18-12-9-16(25(2,3)4)14-19(18)33-22/h7-8,10-11,16H,6,9,12-14H2,1-5H3,(H2,26,27,28,32). The Bertz CT molecular complexity index is 1020.